The SMILES string of the molecule is COC(=O)c1cc(C(=O)Nc2ccc(-c3nc4ccc(C)cc4s3)cc2)cc([N+](=O)[O-])c1. The van der Waals surface area contributed by atoms with Gasteiger partial charge >= 0.3 is 5.97 Å². The number of hydrogen-bond acceptors (Lipinski definition) is 7. The van der Waals surface area contributed by atoms with Crippen LogP contribution in [0.5, 0.6) is 0 Å². The molecule has 0 unspecified atom stereocenters. The molecule has 0 aliphatic carbocycles. The molecule has 32 heavy (non-hydrogen) atoms. The number of aryl methyl sites for hydroxylation is 1. The van der Waals surface area contributed by atoms with E-state index in [0.717, 1.165) is 40.0 Å². The predicted molar refractivity (Wildman–Crippen MR) is 122 cm³/mol. The molecule has 0 saturated carbocycles. The lowest BCUT2D eigenvalue weighted by Gasteiger charge is -2.07. The minimum absolute atomic E-state index is 0.0229. The Morgan fingerprint density at radius 3 is 2.44 bits per heavy atom. The molecule has 8 nitrogen and oxygen atoms in total. The van der Waals surface area contributed by atoms with Crippen LogP contribution >= 0.6 is 11.3 Å². The molecule has 0 spiro atoms. The van der Waals surface area contributed by atoms with E-state index in [4.69, 9.17) is 0 Å². The number of carbonyl (C=O) groups is 2. The number of benzene rings is 3. The number of amides is 1. The fourth-order valence-electron chi connectivity index (χ4n) is 3.14. The molecule has 9 heteroatoms. The van der Waals surface area contributed by atoms with Crippen LogP contribution in [0, 0.1) is 17.0 Å². The van der Waals surface area contributed by atoms with E-state index in [-0.39, 0.29) is 16.8 Å². The van der Waals surface area contributed by atoms with Gasteiger partial charge in [0.15, 0.2) is 0 Å². The fraction of sp³-hybridized carbons (Fsp3) is 0.0870. The van der Waals surface area contributed by atoms with Crippen molar-refractivity contribution in [1.82, 2.24) is 4.98 Å². The van der Waals surface area contributed by atoms with Crippen molar-refractivity contribution in [3.05, 3.63) is 87.5 Å². The Kier molecular flexibility index (Phi) is 5.65. The average Bonchev–Trinajstić information content (AvgIpc) is 3.21. The van der Waals surface area contributed by atoms with Gasteiger partial charge in [0.2, 0.25) is 0 Å². The van der Waals surface area contributed by atoms with Crippen molar-refractivity contribution in [2.75, 3.05) is 12.4 Å². The summed E-state index contributed by atoms with van der Waals surface area (Å²) < 4.78 is 5.71. The normalized spacial score (nSPS) is 10.7. The second kappa shape index (κ2) is 8.56. The van der Waals surface area contributed by atoms with Crippen LogP contribution in [0.4, 0.5) is 11.4 Å². The van der Waals surface area contributed by atoms with E-state index in [0.29, 0.717) is 5.69 Å². The molecule has 0 aliphatic rings. The van der Waals surface area contributed by atoms with Gasteiger partial charge < -0.3 is 10.1 Å². The Morgan fingerprint density at radius 2 is 1.75 bits per heavy atom. The fourth-order valence-corrected chi connectivity index (χ4v) is 4.21. The van der Waals surface area contributed by atoms with Crippen molar-refractivity contribution < 1.29 is 19.2 Å². The van der Waals surface area contributed by atoms with Crippen LogP contribution in [-0.4, -0.2) is 28.9 Å². The van der Waals surface area contributed by atoms with Gasteiger partial charge in [0.05, 0.1) is 27.8 Å². The maximum absolute atomic E-state index is 12.7. The van der Waals surface area contributed by atoms with E-state index in [1.165, 1.54) is 11.6 Å². The number of ether oxygens (including phenoxy) is 1. The number of esters is 1. The van der Waals surface area contributed by atoms with Crippen molar-refractivity contribution in [2.24, 2.45) is 0 Å². The van der Waals surface area contributed by atoms with Gasteiger partial charge in [-0.3, -0.25) is 14.9 Å². The monoisotopic (exact) mass is 447 g/mol. The van der Waals surface area contributed by atoms with Gasteiger partial charge in [-0.25, -0.2) is 9.78 Å². The smallest absolute Gasteiger partial charge is 0.338 e. The third kappa shape index (κ3) is 4.33. The summed E-state index contributed by atoms with van der Waals surface area (Å²) in [4.78, 5) is 39.6. The highest BCUT2D eigenvalue weighted by Crippen LogP contribution is 2.31. The molecule has 160 valence electrons. The molecular weight excluding hydrogens is 430 g/mol. The van der Waals surface area contributed by atoms with Gasteiger partial charge in [0, 0.05) is 28.9 Å². The van der Waals surface area contributed by atoms with Gasteiger partial charge in [-0.2, -0.15) is 0 Å². The van der Waals surface area contributed by atoms with Crippen LogP contribution in [0.25, 0.3) is 20.8 Å². The molecule has 0 bridgehead atoms. The lowest BCUT2D eigenvalue weighted by Crippen LogP contribution is -2.14. The summed E-state index contributed by atoms with van der Waals surface area (Å²) >= 11 is 1.59. The van der Waals surface area contributed by atoms with E-state index < -0.39 is 16.8 Å². The number of hydrogen-bond donors (Lipinski definition) is 1. The first kappa shape index (κ1) is 21.1. The Morgan fingerprint density at radius 1 is 1.03 bits per heavy atom. The highest BCUT2D eigenvalue weighted by Gasteiger charge is 2.18. The highest BCUT2D eigenvalue weighted by atomic mass is 32.1. The summed E-state index contributed by atoms with van der Waals surface area (Å²) in [5.41, 5.74) is 3.03. The number of rotatable bonds is 5. The van der Waals surface area contributed by atoms with Crippen molar-refractivity contribution in [2.45, 2.75) is 6.92 Å². The molecule has 0 aliphatic heterocycles. The Balaban J connectivity index is 1.56. The van der Waals surface area contributed by atoms with Crippen LogP contribution in [0.2, 0.25) is 0 Å². The van der Waals surface area contributed by atoms with Gasteiger partial charge in [0.25, 0.3) is 11.6 Å². The van der Waals surface area contributed by atoms with Crippen molar-refractivity contribution >= 4 is 44.8 Å². The molecule has 3 aromatic carbocycles. The van der Waals surface area contributed by atoms with Crippen molar-refractivity contribution in [1.29, 1.82) is 0 Å². The van der Waals surface area contributed by atoms with Gasteiger partial charge in [0.1, 0.15) is 5.01 Å². The molecule has 0 atom stereocenters. The van der Waals surface area contributed by atoms with Gasteiger partial charge in [-0.1, -0.05) is 6.07 Å². The second-order valence-corrected chi connectivity index (χ2v) is 8.07. The van der Waals surface area contributed by atoms with Gasteiger partial charge in [-0.15, -0.1) is 11.3 Å². The first-order chi connectivity index (χ1) is 15.3. The van der Waals surface area contributed by atoms with E-state index in [2.05, 4.69) is 21.1 Å². The zero-order valence-electron chi connectivity index (χ0n) is 17.1. The molecule has 4 aromatic rings. The van der Waals surface area contributed by atoms with Crippen molar-refractivity contribution in [3.63, 3.8) is 0 Å². The lowest BCUT2D eigenvalue weighted by atomic mass is 10.1. The van der Waals surface area contributed by atoms with Crippen molar-refractivity contribution in [3.8, 4) is 10.6 Å². The second-order valence-electron chi connectivity index (χ2n) is 7.04. The summed E-state index contributed by atoms with van der Waals surface area (Å²) in [5, 5.41) is 14.7. The Bertz CT molecular complexity index is 1360. The molecule has 0 saturated heterocycles. The number of fused-ring (bicyclic) bond motifs is 1. The third-order valence-electron chi connectivity index (χ3n) is 4.75. The molecule has 1 heterocycles. The third-order valence-corrected chi connectivity index (χ3v) is 5.81. The average molecular weight is 447 g/mol. The molecule has 0 fully saturated rings. The standard InChI is InChI=1S/C23H17N3O5S/c1-13-3-8-19-20(9-13)32-22(25-19)14-4-6-17(7-5-14)24-21(27)15-10-16(23(28)31-2)12-18(11-15)26(29)30/h3-12H,1-2H3,(H,24,27). The maximum Gasteiger partial charge on any atom is 0.338 e. The molecule has 0 radical (unpaired) electrons. The number of anilines is 1. The Labute approximate surface area is 186 Å². The first-order valence-electron chi connectivity index (χ1n) is 9.51. The molecule has 1 N–H and O–H groups in total. The minimum Gasteiger partial charge on any atom is -0.465 e. The predicted octanol–water partition coefficient (Wildman–Crippen LogP) is 5.22. The minimum atomic E-state index is -0.766. The zero-order chi connectivity index (χ0) is 22.8. The summed E-state index contributed by atoms with van der Waals surface area (Å²) in [6, 6.07) is 16.7. The van der Waals surface area contributed by atoms with Crippen LogP contribution in [0.3, 0.4) is 0 Å². The number of methoxy groups -OCH3 is 1. The van der Waals surface area contributed by atoms with Gasteiger partial charge in [-0.05, 0) is 55.0 Å². The zero-order valence-corrected chi connectivity index (χ0v) is 17.9. The van der Waals surface area contributed by atoms with E-state index in [1.54, 1.807) is 23.5 Å². The van der Waals surface area contributed by atoms with Crippen LogP contribution in [0.15, 0.2) is 60.7 Å². The number of thiazole rings is 1. The summed E-state index contributed by atoms with van der Waals surface area (Å²) in [7, 11) is 1.16. The molecule has 1 amide bonds. The molecule has 4 rings (SSSR count). The van der Waals surface area contributed by atoms with Crippen LogP contribution < -0.4 is 5.32 Å². The van der Waals surface area contributed by atoms with E-state index >= 15 is 0 Å². The number of nitro benzene ring substituents is 1. The van der Waals surface area contributed by atoms with Crippen LogP contribution in [0.1, 0.15) is 26.3 Å². The number of carbonyl (C=O) groups excluding carboxylic acids is 2. The topological polar surface area (TPSA) is 111 Å². The quantitative estimate of drug-likeness (QED) is 0.255. The largest absolute Gasteiger partial charge is 0.465 e. The maximum atomic E-state index is 12.7. The first-order valence-corrected chi connectivity index (χ1v) is 10.3. The highest BCUT2D eigenvalue weighted by molar-refractivity contribution is 7.21. The summed E-state index contributed by atoms with van der Waals surface area (Å²) in [6.45, 7) is 2.03. The number of nitrogens with one attached hydrogen (secondary N) is 1. The molecular formula is C23H17N3O5S. The number of nitrogens with zero attached hydrogens (tertiary/aromatic N) is 2. The Hall–Kier alpha value is -4.11. The van der Waals surface area contributed by atoms with E-state index in [9.17, 15) is 19.7 Å². The number of aromatic nitrogens is 1. The summed E-state index contributed by atoms with van der Waals surface area (Å²) in [6.07, 6.45) is 0. The molecule has 1 aromatic heterocycles. The number of nitro groups is 1. The van der Waals surface area contributed by atoms with Crippen LogP contribution in [-0.2, 0) is 4.74 Å². The summed E-state index contributed by atoms with van der Waals surface area (Å²) in [5.74, 6) is -1.35. The number of non-ortho nitro benzene ring substituents is 1. The van der Waals surface area contributed by atoms with E-state index in [1.807, 2.05) is 31.2 Å². The lowest BCUT2D eigenvalue weighted by molar-refractivity contribution is -0.384.